The molecule has 0 saturated heterocycles. The first-order chi connectivity index (χ1) is 12.4. The van der Waals surface area contributed by atoms with E-state index < -0.39 is 11.7 Å². The van der Waals surface area contributed by atoms with Crippen LogP contribution >= 0.6 is 11.8 Å². The van der Waals surface area contributed by atoms with Gasteiger partial charge in [-0.1, -0.05) is 36.0 Å². The highest BCUT2D eigenvalue weighted by Gasteiger charge is 2.30. The Morgan fingerprint density at radius 2 is 1.96 bits per heavy atom. The summed E-state index contributed by atoms with van der Waals surface area (Å²) in [6.45, 7) is 1.93. The Morgan fingerprint density at radius 1 is 1.15 bits per heavy atom. The van der Waals surface area contributed by atoms with Crippen LogP contribution in [0.15, 0.2) is 47.6 Å². The fourth-order valence-electron chi connectivity index (χ4n) is 2.37. The lowest BCUT2D eigenvalue weighted by Crippen LogP contribution is -2.05. The second kappa shape index (κ2) is 7.36. The predicted molar refractivity (Wildman–Crippen MR) is 91.4 cm³/mol. The number of aromatic nitrogens is 4. The molecule has 0 aliphatic carbocycles. The molecule has 26 heavy (non-hydrogen) atoms. The summed E-state index contributed by atoms with van der Waals surface area (Å²) in [6.07, 6.45) is -4.36. The average Bonchev–Trinajstić information content (AvgIpc) is 3.08. The lowest BCUT2D eigenvalue weighted by Gasteiger charge is -2.11. The summed E-state index contributed by atoms with van der Waals surface area (Å²) in [5, 5.41) is 12.1. The molecule has 0 atom stereocenters. The zero-order chi connectivity index (χ0) is 18.7. The highest BCUT2D eigenvalue weighted by atomic mass is 32.2. The fraction of sp³-hybridized carbons (Fsp3) is 0.235. The number of halogens is 3. The molecule has 0 N–H and O–H groups in total. The van der Waals surface area contributed by atoms with Gasteiger partial charge in [0.25, 0.3) is 0 Å². The molecular weight excluding hydrogens is 365 g/mol. The molecule has 0 bridgehead atoms. The Bertz CT molecular complexity index is 911. The number of rotatable bonds is 5. The van der Waals surface area contributed by atoms with E-state index in [4.69, 9.17) is 4.74 Å². The van der Waals surface area contributed by atoms with Crippen molar-refractivity contribution in [1.29, 1.82) is 0 Å². The van der Waals surface area contributed by atoms with E-state index in [1.807, 2.05) is 25.1 Å². The molecule has 0 amide bonds. The Balaban J connectivity index is 1.84. The third-order valence-corrected chi connectivity index (χ3v) is 4.62. The van der Waals surface area contributed by atoms with E-state index in [1.165, 1.54) is 22.5 Å². The zero-order valence-corrected chi connectivity index (χ0v) is 14.8. The van der Waals surface area contributed by atoms with Gasteiger partial charge in [0, 0.05) is 5.75 Å². The molecule has 3 rings (SSSR count). The number of nitrogens with zero attached hydrogens (tertiary/aromatic N) is 4. The third kappa shape index (κ3) is 3.98. The minimum absolute atomic E-state index is 0.304. The molecule has 3 aromatic rings. The van der Waals surface area contributed by atoms with Crippen molar-refractivity contribution in [3.05, 3.63) is 59.2 Å². The van der Waals surface area contributed by atoms with Gasteiger partial charge in [-0.05, 0) is 46.7 Å². The molecule has 1 aromatic heterocycles. The third-order valence-electron chi connectivity index (χ3n) is 3.63. The van der Waals surface area contributed by atoms with Crippen molar-refractivity contribution in [2.75, 3.05) is 7.11 Å². The van der Waals surface area contributed by atoms with E-state index >= 15 is 0 Å². The van der Waals surface area contributed by atoms with Gasteiger partial charge in [-0.2, -0.15) is 17.9 Å². The molecule has 0 saturated carbocycles. The summed E-state index contributed by atoms with van der Waals surface area (Å²) < 4.78 is 45.4. The lowest BCUT2D eigenvalue weighted by atomic mass is 10.1. The maximum atomic E-state index is 12.8. The summed E-state index contributed by atoms with van der Waals surface area (Å²) in [5.41, 5.74) is 1.54. The number of thioether (sulfide) groups is 1. The van der Waals surface area contributed by atoms with Gasteiger partial charge in [0.15, 0.2) is 0 Å². The van der Waals surface area contributed by atoms with Gasteiger partial charge < -0.3 is 4.74 Å². The highest BCUT2D eigenvalue weighted by Crippen LogP contribution is 2.32. The van der Waals surface area contributed by atoms with Crippen LogP contribution in [0.25, 0.3) is 5.69 Å². The highest BCUT2D eigenvalue weighted by molar-refractivity contribution is 7.98. The minimum Gasteiger partial charge on any atom is -0.494 e. The van der Waals surface area contributed by atoms with Gasteiger partial charge in [-0.25, -0.2) is 0 Å². The van der Waals surface area contributed by atoms with E-state index in [-0.39, 0.29) is 0 Å². The van der Waals surface area contributed by atoms with Gasteiger partial charge in [-0.15, -0.1) is 5.10 Å². The van der Waals surface area contributed by atoms with E-state index in [0.717, 1.165) is 17.7 Å². The number of aryl methyl sites for hydroxylation is 1. The maximum absolute atomic E-state index is 12.8. The summed E-state index contributed by atoms with van der Waals surface area (Å²) in [4.78, 5) is 0. The van der Waals surface area contributed by atoms with E-state index in [9.17, 15) is 13.2 Å². The monoisotopic (exact) mass is 380 g/mol. The Labute approximate surface area is 152 Å². The lowest BCUT2D eigenvalue weighted by molar-refractivity contribution is -0.137. The number of ether oxygens (including phenoxy) is 1. The Morgan fingerprint density at radius 3 is 2.69 bits per heavy atom. The van der Waals surface area contributed by atoms with Crippen LogP contribution < -0.4 is 4.74 Å². The standard InChI is InChI=1S/C17H15F3N4OS/c1-11-6-7-15(25-2)14(8-11)24-16(21-22-23-24)26-10-12-4-3-5-13(9-12)17(18,19)20/h3-9H,10H2,1-2H3. The van der Waals surface area contributed by atoms with Crippen molar-refractivity contribution in [2.45, 2.75) is 24.0 Å². The van der Waals surface area contributed by atoms with Crippen molar-refractivity contribution in [3.8, 4) is 11.4 Å². The molecule has 1 heterocycles. The van der Waals surface area contributed by atoms with Crippen molar-refractivity contribution in [3.63, 3.8) is 0 Å². The second-order valence-electron chi connectivity index (χ2n) is 5.54. The molecule has 9 heteroatoms. The quantitative estimate of drug-likeness (QED) is 0.618. The zero-order valence-electron chi connectivity index (χ0n) is 14.0. The molecule has 2 aromatic carbocycles. The van der Waals surface area contributed by atoms with Gasteiger partial charge in [0.1, 0.15) is 11.4 Å². The Hall–Kier alpha value is -2.55. The number of hydrogen-bond donors (Lipinski definition) is 0. The summed E-state index contributed by atoms with van der Waals surface area (Å²) in [6, 6.07) is 10.8. The van der Waals surface area contributed by atoms with Crippen molar-refractivity contribution in [2.24, 2.45) is 0 Å². The van der Waals surface area contributed by atoms with Crippen LogP contribution in [-0.4, -0.2) is 27.3 Å². The van der Waals surface area contributed by atoms with Crippen LogP contribution in [-0.2, 0) is 11.9 Å². The molecule has 0 spiro atoms. The number of alkyl halides is 3. The van der Waals surface area contributed by atoms with Crippen LogP contribution in [0.3, 0.4) is 0 Å². The van der Waals surface area contributed by atoms with E-state index in [1.54, 1.807) is 13.2 Å². The molecule has 0 aliphatic heterocycles. The molecule has 136 valence electrons. The van der Waals surface area contributed by atoms with E-state index in [2.05, 4.69) is 15.5 Å². The summed E-state index contributed by atoms with van der Waals surface area (Å²) in [5.74, 6) is 0.905. The van der Waals surface area contributed by atoms with Gasteiger partial charge >= 0.3 is 6.18 Å². The first kappa shape index (κ1) is 18.2. The van der Waals surface area contributed by atoms with Crippen molar-refractivity contribution in [1.82, 2.24) is 20.2 Å². The predicted octanol–water partition coefficient (Wildman–Crippen LogP) is 4.29. The van der Waals surface area contributed by atoms with Crippen LogP contribution in [0.2, 0.25) is 0 Å². The maximum Gasteiger partial charge on any atom is 0.416 e. The van der Waals surface area contributed by atoms with Gasteiger partial charge in [-0.3, -0.25) is 0 Å². The fourth-order valence-corrected chi connectivity index (χ4v) is 3.20. The molecule has 0 aliphatic rings. The summed E-state index contributed by atoms with van der Waals surface area (Å²) in [7, 11) is 1.55. The van der Waals surface area contributed by atoms with Crippen LogP contribution in [0.5, 0.6) is 5.75 Å². The number of tetrazole rings is 1. The average molecular weight is 380 g/mol. The smallest absolute Gasteiger partial charge is 0.416 e. The molecular formula is C17H15F3N4OS. The first-order valence-electron chi connectivity index (χ1n) is 7.61. The van der Waals surface area contributed by atoms with Crippen LogP contribution in [0.4, 0.5) is 13.2 Å². The SMILES string of the molecule is COc1ccc(C)cc1-n1nnnc1SCc1cccc(C(F)(F)F)c1. The molecule has 0 radical (unpaired) electrons. The van der Waals surface area contributed by atoms with Crippen LogP contribution in [0.1, 0.15) is 16.7 Å². The largest absolute Gasteiger partial charge is 0.494 e. The van der Waals surface area contributed by atoms with Crippen molar-refractivity contribution >= 4 is 11.8 Å². The molecule has 0 fully saturated rings. The first-order valence-corrected chi connectivity index (χ1v) is 8.59. The van der Waals surface area contributed by atoms with Crippen LogP contribution in [0, 0.1) is 6.92 Å². The number of benzene rings is 2. The Kier molecular flexibility index (Phi) is 5.17. The number of methoxy groups -OCH3 is 1. The minimum atomic E-state index is -4.36. The number of hydrogen-bond acceptors (Lipinski definition) is 5. The summed E-state index contributed by atoms with van der Waals surface area (Å²) >= 11 is 1.25. The van der Waals surface area contributed by atoms with Gasteiger partial charge in [0.05, 0.1) is 12.7 Å². The topological polar surface area (TPSA) is 52.8 Å². The van der Waals surface area contributed by atoms with E-state index in [0.29, 0.717) is 27.9 Å². The molecule has 0 unspecified atom stereocenters. The molecule has 5 nitrogen and oxygen atoms in total. The van der Waals surface area contributed by atoms with Gasteiger partial charge in [0.2, 0.25) is 5.16 Å². The second-order valence-corrected chi connectivity index (χ2v) is 6.48. The normalized spacial score (nSPS) is 11.6. The van der Waals surface area contributed by atoms with Crippen molar-refractivity contribution < 1.29 is 17.9 Å².